The molecule has 0 rings (SSSR count). The van der Waals surface area contributed by atoms with Gasteiger partial charge in [-0.25, -0.2) is 0 Å². The summed E-state index contributed by atoms with van der Waals surface area (Å²) in [6, 6.07) is 0. The number of terminal acetylenes is 1. The second-order valence-corrected chi connectivity index (χ2v) is 1.74. The molecule has 0 bridgehead atoms. The van der Waals surface area contributed by atoms with Gasteiger partial charge in [0.1, 0.15) is 12.9 Å². The zero-order valence-electron chi connectivity index (χ0n) is 6.04. The van der Waals surface area contributed by atoms with Crippen LogP contribution in [0.2, 0.25) is 0 Å². The Morgan fingerprint density at radius 2 is 2.40 bits per heavy atom. The van der Waals surface area contributed by atoms with Crippen molar-refractivity contribution in [3.05, 3.63) is 0 Å². The molecule has 0 fully saturated rings. The lowest BCUT2D eigenvalue weighted by Crippen LogP contribution is -2.13. The lowest BCUT2D eigenvalue weighted by Gasteiger charge is -2.08. The minimum Gasteiger partial charge on any atom is -0.396 e. The van der Waals surface area contributed by atoms with Crippen molar-refractivity contribution in [1.29, 1.82) is 0 Å². The number of ether oxygens (including phenoxy) is 2. The summed E-state index contributed by atoms with van der Waals surface area (Å²) in [6.07, 6.45) is 5.19. The number of rotatable bonds is 5. The van der Waals surface area contributed by atoms with Gasteiger partial charge in [-0.2, -0.15) is 0 Å². The van der Waals surface area contributed by atoms with Crippen molar-refractivity contribution in [3.8, 4) is 12.3 Å². The number of hydrogen-bond donors (Lipinski definition) is 1. The number of hydrogen-bond acceptors (Lipinski definition) is 3. The molecule has 0 heterocycles. The molecule has 3 nitrogen and oxygen atoms in total. The SMILES string of the molecule is C#CC(CCO)OCOC. The second kappa shape index (κ2) is 6.56. The van der Waals surface area contributed by atoms with Crippen molar-refractivity contribution < 1.29 is 14.6 Å². The van der Waals surface area contributed by atoms with E-state index < -0.39 is 0 Å². The molecule has 3 heteroatoms. The molecule has 10 heavy (non-hydrogen) atoms. The summed E-state index contributed by atoms with van der Waals surface area (Å²) in [5.74, 6) is 2.38. The summed E-state index contributed by atoms with van der Waals surface area (Å²) < 4.78 is 9.58. The van der Waals surface area contributed by atoms with E-state index in [1.54, 1.807) is 0 Å². The molecular formula is C7H12O3. The van der Waals surface area contributed by atoms with Gasteiger partial charge < -0.3 is 14.6 Å². The molecular weight excluding hydrogens is 132 g/mol. The molecule has 0 saturated carbocycles. The van der Waals surface area contributed by atoms with E-state index in [1.165, 1.54) is 7.11 Å². The summed E-state index contributed by atoms with van der Waals surface area (Å²) in [4.78, 5) is 0. The van der Waals surface area contributed by atoms with Crippen molar-refractivity contribution >= 4 is 0 Å². The fraction of sp³-hybridized carbons (Fsp3) is 0.714. The first-order valence-electron chi connectivity index (χ1n) is 3.02. The van der Waals surface area contributed by atoms with Crippen LogP contribution in [0.25, 0.3) is 0 Å². The summed E-state index contributed by atoms with van der Waals surface area (Å²) in [7, 11) is 1.52. The van der Waals surface area contributed by atoms with Crippen LogP contribution in [-0.2, 0) is 9.47 Å². The molecule has 0 aromatic rings. The van der Waals surface area contributed by atoms with Gasteiger partial charge in [0.25, 0.3) is 0 Å². The minimum atomic E-state index is -0.329. The summed E-state index contributed by atoms with van der Waals surface area (Å²) in [5, 5.41) is 8.45. The van der Waals surface area contributed by atoms with Crippen molar-refractivity contribution in [2.45, 2.75) is 12.5 Å². The molecule has 0 amide bonds. The van der Waals surface area contributed by atoms with E-state index in [0.717, 1.165) is 0 Å². The average molecular weight is 144 g/mol. The maximum Gasteiger partial charge on any atom is 0.148 e. The van der Waals surface area contributed by atoms with E-state index in [9.17, 15) is 0 Å². The molecule has 58 valence electrons. The Hall–Kier alpha value is -0.560. The van der Waals surface area contributed by atoms with Gasteiger partial charge in [-0.3, -0.25) is 0 Å². The van der Waals surface area contributed by atoms with Gasteiger partial charge in [-0.1, -0.05) is 5.92 Å². The van der Waals surface area contributed by atoms with Crippen LogP contribution in [0.1, 0.15) is 6.42 Å². The van der Waals surface area contributed by atoms with Gasteiger partial charge in [-0.15, -0.1) is 6.42 Å². The van der Waals surface area contributed by atoms with Crippen LogP contribution < -0.4 is 0 Å². The lowest BCUT2D eigenvalue weighted by atomic mass is 10.3. The normalized spacial score (nSPS) is 12.5. The highest BCUT2D eigenvalue weighted by molar-refractivity contribution is 4.94. The minimum absolute atomic E-state index is 0.0403. The Balaban J connectivity index is 3.33. The maximum absolute atomic E-state index is 8.45. The van der Waals surface area contributed by atoms with Crippen LogP contribution in [0, 0.1) is 12.3 Å². The van der Waals surface area contributed by atoms with Gasteiger partial charge in [0.05, 0.1) is 0 Å². The van der Waals surface area contributed by atoms with E-state index in [1.807, 2.05) is 0 Å². The van der Waals surface area contributed by atoms with Crippen LogP contribution in [0.15, 0.2) is 0 Å². The highest BCUT2D eigenvalue weighted by Gasteiger charge is 2.01. The molecule has 1 unspecified atom stereocenters. The first kappa shape index (κ1) is 9.44. The van der Waals surface area contributed by atoms with Gasteiger partial charge in [0, 0.05) is 20.1 Å². The summed E-state index contributed by atoms with van der Waals surface area (Å²) in [6.45, 7) is 0.216. The Morgan fingerprint density at radius 3 is 2.80 bits per heavy atom. The van der Waals surface area contributed by atoms with E-state index in [2.05, 4.69) is 10.7 Å². The average Bonchev–Trinajstić information content (AvgIpc) is 1.98. The molecule has 0 aromatic carbocycles. The highest BCUT2D eigenvalue weighted by Crippen LogP contribution is 1.94. The Bertz CT molecular complexity index is 106. The fourth-order valence-corrected chi connectivity index (χ4v) is 0.482. The van der Waals surface area contributed by atoms with Crippen molar-refractivity contribution in [2.75, 3.05) is 20.5 Å². The van der Waals surface area contributed by atoms with Crippen molar-refractivity contribution in [2.24, 2.45) is 0 Å². The second-order valence-electron chi connectivity index (χ2n) is 1.74. The third-order valence-electron chi connectivity index (χ3n) is 0.964. The summed E-state index contributed by atoms with van der Waals surface area (Å²) >= 11 is 0. The first-order valence-corrected chi connectivity index (χ1v) is 3.02. The monoisotopic (exact) mass is 144 g/mol. The lowest BCUT2D eigenvalue weighted by molar-refractivity contribution is -0.0574. The molecule has 0 aromatic heterocycles. The van der Waals surface area contributed by atoms with E-state index >= 15 is 0 Å². The van der Waals surface area contributed by atoms with Crippen LogP contribution in [0.3, 0.4) is 0 Å². The first-order chi connectivity index (χ1) is 4.85. The quantitative estimate of drug-likeness (QED) is 0.435. The van der Waals surface area contributed by atoms with Crippen LogP contribution in [0.4, 0.5) is 0 Å². The van der Waals surface area contributed by atoms with Crippen molar-refractivity contribution in [3.63, 3.8) is 0 Å². The third-order valence-corrected chi connectivity index (χ3v) is 0.964. The molecule has 1 atom stereocenters. The topological polar surface area (TPSA) is 38.7 Å². The van der Waals surface area contributed by atoms with Crippen LogP contribution in [0.5, 0.6) is 0 Å². The Kier molecular flexibility index (Phi) is 6.19. The standard InChI is InChI=1S/C7H12O3/c1-3-7(4-5-8)10-6-9-2/h1,7-8H,4-6H2,2H3. The molecule has 0 aliphatic carbocycles. The zero-order valence-corrected chi connectivity index (χ0v) is 6.04. The molecule has 1 N–H and O–H groups in total. The molecule has 0 saturated heterocycles. The molecule has 0 spiro atoms. The van der Waals surface area contributed by atoms with Crippen molar-refractivity contribution in [1.82, 2.24) is 0 Å². The number of aliphatic hydroxyl groups excluding tert-OH is 1. The zero-order chi connectivity index (χ0) is 7.82. The van der Waals surface area contributed by atoms with E-state index in [-0.39, 0.29) is 19.5 Å². The van der Waals surface area contributed by atoms with Crippen LogP contribution >= 0.6 is 0 Å². The predicted octanol–water partition coefficient (Wildman–Crippen LogP) is -0.00890. The van der Waals surface area contributed by atoms with Gasteiger partial charge in [0.2, 0.25) is 0 Å². The Labute approximate surface area is 60.9 Å². The smallest absolute Gasteiger partial charge is 0.148 e. The van der Waals surface area contributed by atoms with E-state index in [4.69, 9.17) is 16.3 Å². The van der Waals surface area contributed by atoms with E-state index in [0.29, 0.717) is 6.42 Å². The largest absolute Gasteiger partial charge is 0.396 e. The fourth-order valence-electron chi connectivity index (χ4n) is 0.482. The Morgan fingerprint density at radius 1 is 1.70 bits per heavy atom. The summed E-state index contributed by atoms with van der Waals surface area (Å²) in [5.41, 5.74) is 0. The van der Waals surface area contributed by atoms with Gasteiger partial charge in [-0.05, 0) is 0 Å². The maximum atomic E-state index is 8.45. The molecule has 0 radical (unpaired) electrons. The van der Waals surface area contributed by atoms with Gasteiger partial charge in [0.15, 0.2) is 0 Å². The van der Waals surface area contributed by atoms with Crippen LogP contribution in [-0.4, -0.2) is 31.7 Å². The number of aliphatic hydroxyl groups is 1. The highest BCUT2D eigenvalue weighted by atomic mass is 16.7. The number of methoxy groups -OCH3 is 1. The third kappa shape index (κ3) is 4.33. The van der Waals surface area contributed by atoms with Gasteiger partial charge >= 0.3 is 0 Å². The molecule has 0 aliphatic heterocycles. The predicted molar refractivity (Wildman–Crippen MR) is 37.3 cm³/mol. The molecule has 0 aliphatic rings.